The SMILES string of the molecule is N#C/C(C(N)=O)=C1\S[C@H](Cc2ccccc2)C(=O)N1c1ccc(Cl)cc1. The minimum absolute atomic E-state index is 0.204. The van der Waals surface area contributed by atoms with Gasteiger partial charge in [0.05, 0.1) is 5.25 Å². The lowest BCUT2D eigenvalue weighted by Gasteiger charge is -2.18. The Morgan fingerprint density at radius 3 is 2.42 bits per heavy atom. The summed E-state index contributed by atoms with van der Waals surface area (Å²) >= 11 is 7.10. The number of nitrogens with zero attached hydrogens (tertiary/aromatic N) is 2. The van der Waals surface area contributed by atoms with E-state index in [4.69, 9.17) is 17.3 Å². The zero-order valence-electron chi connectivity index (χ0n) is 13.6. The van der Waals surface area contributed by atoms with Crippen LogP contribution in [-0.4, -0.2) is 17.1 Å². The van der Waals surface area contributed by atoms with Gasteiger partial charge in [-0.15, -0.1) is 0 Å². The summed E-state index contributed by atoms with van der Waals surface area (Å²) in [5, 5.41) is 9.67. The average molecular weight is 384 g/mol. The first-order chi connectivity index (χ1) is 12.5. The summed E-state index contributed by atoms with van der Waals surface area (Å²) in [7, 11) is 0. The fourth-order valence-corrected chi connectivity index (χ4v) is 4.10. The van der Waals surface area contributed by atoms with Crippen LogP contribution in [-0.2, 0) is 16.0 Å². The third kappa shape index (κ3) is 3.59. The molecule has 2 amide bonds. The average Bonchev–Trinajstić information content (AvgIpc) is 2.93. The van der Waals surface area contributed by atoms with E-state index >= 15 is 0 Å². The number of thioether (sulfide) groups is 1. The topological polar surface area (TPSA) is 87.2 Å². The van der Waals surface area contributed by atoms with Crippen LogP contribution in [0, 0.1) is 11.3 Å². The van der Waals surface area contributed by atoms with Crippen LogP contribution in [0.3, 0.4) is 0 Å². The van der Waals surface area contributed by atoms with Crippen LogP contribution in [0.4, 0.5) is 5.69 Å². The zero-order valence-corrected chi connectivity index (χ0v) is 15.1. The van der Waals surface area contributed by atoms with Gasteiger partial charge in [-0.1, -0.05) is 53.7 Å². The Labute approximate surface area is 160 Å². The first-order valence-electron chi connectivity index (χ1n) is 7.75. The van der Waals surface area contributed by atoms with E-state index in [1.807, 2.05) is 36.4 Å². The van der Waals surface area contributed by atoms with Gasteiger partial charge in [-0.25, -0.2) is 0 Å². The monoisotopic (exact) mass is 383 g/mol. The molecule has 26 heavy (non-hydrogen) atoms. The van der Waals surface area contributed by atoms with E-state index < -0.39 is 11.2 Å². The number of amides is 2. The molecule has 3 rings (SSSR count). The Morgan fingerprint density at radius 2 is 1.85 bits per heavy atom. The maximum absolute atomic E-state index is 13.0. The first kappa shape index (κ1) is 18.1. The molecule has 0 spiro atoms. The number of carbonyl (C=O) groups excluding carboxylic acids is 2. The molecule has 0 saturated carbocycles. The third-order valence-electron chi connectivity index (χ3n) is 3.87. The summed E-state index contributed by atoms with van der Waals surface area (Å²) in [6.45, 7) is 0. The van der Waals surface area contributed by atoms with Crippen molar-refractivity contribution in [1.82, 2.24) is 0 Å². The van der Waals surface area contributed by atoms with Crippen molar-refractivity contribution in [3.63, 3.8) is 0 Å². The highest BCUT2D eigenvalue weighted by atomic mass is 35.5. The number of rotatable bonds is 4. The van der Waals surface area contributed by atoms with Gasteiger partial charge in [0, 0.05) is 10.7 Å². The fourth-order valence-electron chi connectivity index (χ4n) is 2.65. The second kappa shape index (κ2) is 7.65. The van der Waals surface area contributed by atoms with Crippen molar-refractivity contribution in [1.29, 1.82) is 5.26 Å². The van der Waals surface area contributed by atoms with Crippen LogP contribution in [0.1, 0.15) is 5.56 Å². The van der Waals surface area contributed by atoms with Gasteiger partial charge in [-0.2, -0.15) is 5.26 Å². The molecule has 1 atom stereocenters. The molecule has 1 fully saturated rings. The van der Waals surface area contributed by atoms with E-state index in [1.54, 1.807) is 24.3 Å². The molecule has 1 heterocycles. The quantitative estimate of drug-likeness (QED) is 0.648. The molecule has 2 aromatic carbocycles. The highest BCUT2D eigenvalue weighted by molar-refractivity contribution is 8.05. The summed E-state index contributed by atoms with van der Waals surface area (Å²) in [6, 6.07) is 18.0. The van der Waals surface area contributed by atoms with Crippen molar-refractivity contribution in [3.8, 4) is 6.07 Å². The van der Waals surface area contributed by atoms with Crippen molar-refractivity contribution in [2.75, 3.05) is 4.90 Å². The van der Waals surface area contributed by atoms with Crippen molar-refractivity contribution >= 4 is 40.9 Å². The maximum atomic E-state index is 13.0. The molecule has 130 valence electrons. The number of anilines is 1. The molecule has 1 saturated heterocycles. The Bertz CT molecular complexity index is 920. The number of nitrogens with two attached hydrogens (primary N) is 1. The number of nitriles is 1. The molecule has 1 aliphatic rings. The highest BCUT2D eigenvalue weighted by Crippen LogP contribution is 2.41. The molecule has 2 N–H and O–H groups in total. The fraction of sp³-hybridized carbons (Fsp3) is 0.105. The predicted octanol–water partition coefficient (Wildman–Crippen LogP) is 3.25. The van der Waals surface area contributed by atoms with Gasteiger partial charge in [0.15, 0.2) is 0 Å². The van der Waals surface area contributed by atoms with Gasteiger partial charge in [0.25, 0.3) is 5.91 Å². The van der Waals surface area contributed by atoms with Crippen LogP contribution >= 0.6 is 23.4 Å². The third-order valence-corrected chi connectivity index (χ3v) is 5.39. The van der Waals surface area contributed by atoms with Crippen LogP contribution in [0.25, 0.3) is 0 Å². The lowest BCUT2D eigenvalue weighted by Crippen LogP contribution is -2.31. The molecular weight excluding hydrogens is 370 g/mol. The Kier molecular flexibility index (Phi) is 5.31. The smallest absolute Gasteiger partial charge is 0.262 e. The second-order valence-electron chi connectivity index (χ2n) is 5.60. The second-order valence-corrected chi connectivity index (χ2v) is 7.23. The van der Waals surface area contributed by atoms with Gasteiger partial charge >= 0.3 is 0 Å². The van der Waals surface area contributed by atoms with Crippen LogP contribution in [0.15, 0.2) is 65.2 Å². The van der Waals surface area contributed by atoms with E-state index in [-0.39, 0.29) is 16.5 Å². The standard InChI is InChI=1S/C19H14ClN3O2S/c20-13-6-8-14(9-7-13)23-18(25)16(10-12-4-2-1-3-5-12)26-19(23)15(11-21)17(22)24/h1-9,16H,10H2,(H2,22,24)/b19-15+/t16-/m1/s1. The molecule has 0 aliphatic carbocycles. The number of halogens is 1. The molecule has 1 aliphatic heterocycles. The zero-order chi connectivity index (χ0) is 18.7. The first-order valence-corrected chi connectivity index (χ1v) is 9.01. The molecule has 0 radical (unpaired) electrons. The highest BCUT2D eigenvalue weighted by Gasteiger charge is 2.40. The molecule has 0 unspecified atom stereocenters. The van der Waals surface area contributed by atoms with E-state index in [0.29, 0.717) is 17.1 Å². The van der Waals surface area contributed by atoms with Crippen LogP contribution in [0.5, 0.6) is 0 Å². The number of primary amides is 1. The minimum Gasteiger partial charge on any atom is -0.365 e. The largest absolute Gasteiger partial charge is 0.365 e. The van der Waals surface area contributed by atoms with Crippen LogP contribution < -0.4 is 10.6 Å². The maximum Gasteiger partial charge on any atom is 0.262 e. The van der Waals surface area contributed by atoms with Crippen molar-refractivity contribution in [2.45, 2.75) is 11.7 Å². The van der Waals surface area contributed by atoms with Gasteiger partial charge < -0.3 is 5.73 Å². The van der Waals surface area contributed by atoms with E-state index in [0.717, 1.165) is 5.56 Å². The Morgan fingerprint density at radius 1 is 1.19 bits per heavy atom. The summed E-state index contributed by atoms with van der Waals surface area (Å²) < 4.78 is 0. The van der Waals surface area contributed by atoms with Crippen molar-refractivity contribution < 1.29 is 9.59 Å². The predicted molar refractivity (Wildman–Crippen MR) is 102 cm³/mol. The molecule has 0 bridgehead atoms. The summed E-state index contributed by atoms with van der Waals surface area (Å²) in [4.78, 5) is 26.1. The number of benzene rings is 2. The van der Waals surface area contributed by atoms with E-state index in [1.165, 1.54) is 16.7 Å². The number of carbonyl (C=O) groups is 2. The molecule has 0 aromatic heterocycles. The Balaban J connectivity index is 2.03. The molecular formula is C19H14ClN3O2S. The summed E-state index contributed by atoms with van der Waals surface area (Å²) in [6.07, 6.45) is 0.482. The summed E-state index contributed by atoms with van der Waals surface area (Å²) in [5.41, 5.74) is 6.64. The molecule has 7 heteroatoms. The van der Waals surface area contributed by atoms with E-state index in [9.17, 15) is 14.9 Å². The number of hydrogen-bond acceptors (Lipinski definition) is 4. The van der Waals surface area contributed by atoms with Gasteiger partial charge in [-0.3, -0.25) is 14.5 Å². The number of hydrogen-bond donors (Lipinski definition) is 1. The van der Waals surface area contributed by atoms with Gasteiger partial charge in [-0.05, 0) is 36.2 Å². The minimum atomic E-state index is -0.859. The van der Waals surface area contributed by atoms with Crippen molar-refractivity contribution in [3.05, 3.63) is 75.8 Å². The van der Waals surface area contributed by atoms with Crippen LogP contribution in [0.2, 0.25) is 5.02 Å². The normalized spacial score (nSPS) is 18.5. The molecule has 2 aromatic rings. The lowest BCUT2D eigenvalue weighted by atomic mass is 10.1. The van der Waals surface area contributed by atoms with E-state index in [2.05, 4.69) is 0 Å². The Hall–Kier alpha value is -2.75. The summed E-state index contributed by atoms with van der Waals surface area (Å²) in [5.74, 6) is -1.06. The molecule has 5 nitrogen and oxygen atoms in total. The van der Waals surface area contributed by atoms with Crippen molar-refractivity contribution in [2.24, 2.45) is 5.73 Å². The van der Waals surface area contributed by atoms with Gasteiger partial charge in [0.2, 0.25) is 5.91 Å². The lowest BCUT2D eigenvalue weighted by molar-refractivity contribution is -0.117. The van der Waals surface area contributed by atoms with Gasteiger partial charge in [0.1, 0.15) is 16.7 Å².